The van der Waals surface area contributed by atoms with Crippen molar-refractivity contribution in [1.29, 1.82) is 0 Å². The molecule has 0 aliphatic heterocycles. The van der Waals surface area contributed by atoms with Gasteiger partial charge in [-0.3, -0.25) is 0 Å². The lowest BCUT2D eigenvalue weighted by molar-refractivity contribution is 0.328. The molecule has 0 atom stereocenters. The summed E-state index contributed by atoms with van der Waals surface area (Å²) in [6.07, 6.45) is 1.44. The average molecular weight is 212 g/mol. The second-order valence-electron chi connectivity index (χ2n) is 2.76. The molecule has 1 aromatic carbocycles. The molecule has 0 saturated heterocycles. The molecule has 0 radical (unpaired) electrons. The number of isocyanates is 1. The topological polar surface area (TPSA) is 38.7 Å². The van der Waals surface area contributed by atoms with Crippen molar-refractivity contribution in [3.63, 3.8) is 0 Å². The standard InChI is InChI=1S/C10H10ClNO2/c1-8-2-3-9(11)10(6-8)14-5-4-12-7-13/h2-3,6H,4-5H2,1H3. The zero-order valence-electron chi connectivity index (χ0n) is 7.79. The van der Waals surface area contributed by atoms with Crippen LogP contribution in [0.25, 0.3) is 0 Å². The van der Waals surface area contributed by atoms with Crippen molar-refractivity contribution < 1.29 is 9.53 Å². The van der Waals surface area contributed by atoms with Crippen molar-refractivity contribution >= 4 is 17.7 Å². The molecule has 74 valence electrons. The summed E-state index contributed by atoms with van der Waals surface area (Å²) in [4.78, 5) is 13.1. The molecule has 0 bridgehead atoms. The van der Waals surface area contributed by atoms with Crippen LogP contribution in [0.4, 0.5) is 0 Å². The average Bonchev–Trinajstić information content (AvgIpc) is 2.18. The largest absolute Gasteiger partial charge is 0.490 e. The first-order chi connectivity index (χ1) is 6.74. The van der Waals surface area contributed by atoms with Crippen LogP contribution < -0.4 is 4.74 Å². The normalized spacial score (nSPS) is 9.29. The van der Waals surface area contributed by atoms with Gasteiger partial charge in [0.1, 0.15) is 12.4 Å². The summed E-state index contributed by atoms with van der Waals surface area (Å²) < 4.78 is 5.32. The fraction of sp³-hybridized carbons (Fsp3) is 0.300. The summed E-state index contributed by atoms with van der Waals surface area (Å²) in [5.41, 5.74) is 1.07. The minimum absolute atomic E-state index is 0.299. The van der Waals surface area contributed by atoms with Crippen LogP contribution in [0.3, 0.4) is 0 Å². The fourth-order valence-corrected chi connectivity index (χ4v) is 1.14. The Morgan fingerprint density at radius 3 is 3.07 bits per heavy atom. The van der Waals surface area contributed by atoms with Gasteiger partial charge in [0.05, 0.1) is 11.6 Å². The van der Waals surface area contributed by atoms with Crippen LogP contribution in [0, 0.1) is 6.92 Å². The van der Waals surface area contributed by atoms with E-state index in [-0.39, 0.29) is 0 Å². The molecule has 0 unspecified atom stereocenters. The highest BCUT2D eigenvalue weighted by Gasteiger charge is 2.00. The third kappa shape index (κ3) is 3.21. The van der Waals surface area contributed by atoms with Crippen LogP contribution in [0.15, 0.2) is 23.2 Å². The number of hydrogen-bond donors (Lipinski definition) is 0. The lowest BCUT2D eigenvalue weighted by atomic mass is 10.2. The highest BCUT2D eigenvalue weighted by molar-refractivity contribution is 6.32. The Bertz CT molecular complexity index is 359. The van der Waals surface area contributed by atoms with E-state index in [2.05, 4.69) is 4.99 Å². The van der Waals surface area contributed by atoms with E-state index in [1.54, 1.807) is 6.07 Å². The summed E-state index contributed by atoms with van der Waals surface area (Å²) in [6.45, 7) is 2.58. The number of carbonyl (C=O) groups excluding carboxylic acids is 1. The first-order valence-corrected chi connectivity index (χ1v) is 4.54. The SMILES string of the molecule is Cc1ccc(Cl)c(OCCN=C=O)c1. The number of halogens is 1. The number of nitrogens with zero attached hydrogens (tertiary/aromatic N) is 1. The maximum atomic E-state index is 9.76. The molecule has 1 aromatic rings. The first-order valence-electron chi connectivity index (χ1n) is 4.16. The Morgan fingerprint density at radius 1 is 1.57 bits per heavy atom. The van der Waals surface area contributed by atoms with E-state index < -0.39 is 0 Å². The smallest absolute Gasteiger partial charge is 0.235 e. The number of aliphatic imine (C=N–C) groups is 1. The van der Waals surface area contributed by atoms with Gasteiger partial charge >= 0.3 is 0 Å². The summed E-state index contributed by atoms with van der Waals surface area (Å²) in [7, 11) is 0. The van der Waals surface area contributed by atoms with Crippen LogP contribution in [-0.2, 0) is 4.79 Å². The second kappa shape index (κ2) is 5.43. The van der Waals surface area contributed by atoms with Crippen molar-refractivity contribution in [2.45, 2.75) is 6.92 Å². The molecule has 14 heavy (non-hydrogen) atoms. The van der Waals surface area contributed by atoms with Crippen molar-refractivity contribution in [3.8, 4) is 5.75 Å². The third-order valence-electron chi connectivity index (χ3n) is 1.61. The van der Waals surface area contributed by atoms with Crippen LogP contribution in [0.1, 0.15) is 5.56 Å². The van der Waals surface area contributed by atoms with Crippen LogP contribution in [0.5, 0.6) is 5.75 Å². The van der Waals surface area contributed by atoms with Gasteiger partial charge in [-0.1, -0.05) is 17.7 Å². The molecule has 0 aliphatic rings. The van der Waals surface area contributed by atoms with Crippen LogP contribution >= 0.6 is 11.6 Å². The summed E-state index contributed by atoms with van der Waals surface area (Å²) in [5.74, 6) is 0.618. The molecule has 3 nitrogen and oxygen atoms in total. The van der Waals surface area contributed by atoms with E-state index in [1.165, 1.54) is 6.08 Å². The van der Waals surface area contributed by atoms with Gasteiger partial charge in [-0.15, -0.1) is 0 Å². The van der Waals surface area contributed by atoms with E-state index in [1.807, 2.05) is 19.1 Å². The lowest BCUT2D eigenvalue weighted by Gasteiger charge is -2.06. The predicted molar refractivity (Wildman–Crippen MR) is 54.7 cm³/mol. The number of ether oxygens (including phenoxy) is 1. The monoisotopic (exact) mass is 211 g/mol. The van der Waals surface area contributed by atoms with Gasteiger partial charge in [-0.05, 0) is 24.6 Å². The summed E-state index contributed by atoms with van der Waals surface area (Å²) >= 11 is 5.88. The minimum atomic E-state index is 0.299. The summed E-state index contributed by atoms with van der Waals surface area (Å²) in [5, 5.41) is 0.561. The maximum Gasteiger partial charge on any atom is 0.235 e. The Hall–Kier alpha value is -1.31. The molecule has 0 amide bonds. The lowest BCUT2D eigenvalue weighted by Crippen LogP contribution is -2.01. The zero-order valence-corrected chi connectivity index (χ0v) is 8.54. The number of aryl methyl sites for hydroxylation is 1. The highest BCUT2D eigenvalue weighted by atomic mass is 35.5. The molecule has 0 heterocycles. The van der Waals surface area contributed by atoms with Crippen molar-refractivity contribution in [3.05, 3.63) is 28.8 Å². The molecule has 0 N–H and O–H groups in total. The number of benzene rings is 1. The van der Waals surface area contributed by atoms with Crippen LogP contribution in [0.2, 0.25) is 5.02 Å². The molecule has 0 saturated carbocycles. The molecule has 4 heteroatoms. The Balaban J connectivity index is 2.57. The van der Waals surface area contributed by atoms with Gasteiger partial charge in [-0.2, -0.15) is 0 Å². The predicted octanol–water partition coefficient (Wildman–Crippen LogP) is 2.36. The van der Waals surface area contributed by atoms with E-state index in [0.717, 1.165) is 5.56 Å². The highest BCUT2D eigenvalue weighted by Crippen LogP contribution is 2.24. The molecule has 0 aliphatic carbocycles. The number of rotatable bonds is 4. The van der Waals surface area contributed by atoms with Gasteiger partial charge in [-0.25, -0.2) is 9.79 Å². The number of hydrogen-bond acceptors (Lipinski definition) is 3. The molecular weight excluding hydrogens is 202 g/mol. The Kier molecular flexibility index (Phi) is 4.17. The first kappa shape index (κ1) is 10.8. The molecule has 0 fully saturated rings. The fourth-order valence-electron chi connectivity index (χ4n) is 0.968. The zero-order chi connectivity index (χ0) is 10.4. The van der Waals surface area contributed by atoms with E-state index in [9.17, 15) is 4.79 Å². The van der Waals surface area contributed by atoms with Gasteiger partial charge in [0.15, 0.2) is 0 Å². The van der Waals surface area contributed by atoms with Crippen molar-refractivity contribution in [2.75, 3.05) is 13.2 Å². The molecule has 1 rings (SSSR count). The summed E-state index contributed by atoms with van der Waals surface area (Å²) in [6, 6.07) is 5.51. The van der Waals surface area contributed by atoms with Gasteiger partial charge in [0.25, 0.3) is 0 Å². The molecule has 0 aromatic heterocycles. The van der Waals surface area contributed by atoms with Crippen LogP contribution in [-0.4, -0.2) is 19.2 Å². The van der Waals surface area contributed by atoms with Crippen molar-refractivity contribution in [2.24, 2.45) is 4.99 Å². The maximum absolute atomic E-state index is 9.76. The molecular formula is C10H10ClNO2. The van der Waals surface area contributed by atoms with Gasteiger partial charge in [0, 0.05) is 0 Å². The Morgan fingerprint density at radius 2 is 2.36 bits per heavy atom. The van der Waals surface area contributed by atoms with E-state index >= 15 is 0 Å². The molecule has 0 spiro atoms. The van der Waals surface area contributed by atoms with Gasteiger partial charge < -0.3 is 4.74 Å². The third-order valence-corrected chi connectivity index (χ3v) is 1.92. The van der Waals surface area contributed by atoms with E-state index in [4.69, 9.17) is 16.3 Å². The minimum Gasteiger partial charge on any atom is -0.490 e. The quantitative estimate of drug-likeness (QED) is 0.436. The van der Waals surface area contributed by atoms with E-state index in [0.29, 0.717) is 23.9 Å². The van der Waals surface area contributed by atoms with Gasteiger partial charge in [0.2, 0.25) is 6.08 Å². The Labute approximate surface area is 87.4 Å². The second-order valence-corrected chi connectivity index (χ2v) is 3.16. The van der Waals surface area contributed by atoms with Crippen molar-refractivity contribution in [1.82, 2.24) is 0 Å².